The molecule has 4 aromatic rings. The maximum Gasteiger partial charge on any atom is 0.433 e. The number of anilines is 1. The van der Waals surface area contributed by atoms with Gasteiger partial charge in [0.05, 0.1) is 41.7 Å². The van der Waals surface area contributed by atoms with Crippen molar-refractivity contribution in [2.75, 3.05) is 24.7 Å². The molecule has 2 atom stereocenters. The van der Waals surface area contributed by atoms with Gasteiger partial charge in [-0.2, -0.15) is 22.6 Å². The van der Waals surface area contributed by atoms with Crippen molar-refractivity contribution < 1.29 is 17.9 Å². The molecule has 1 fully saturated rings. The summed E-state index contributed by atoms with van der Waals surface area (Å²) < 4.78 is 54.3. The summed E-state index contributed by atoms with van der Waals surface area (Å²) in [7, 11) is 0. The van der Waals surface area contributed by atoms with E-state index in [1.807, 2.05) is 24.4 Å². The molecule has 34 heavy (non-hydrogen) atoms. The molecule has 1 unspecified atom stereocenters. The van der Waals surface area contributed by atoms with Crippen LogP contribution in [0.15, 0.2) is 30.5 Å². The molecule has 5 heterocycles. The van der Waals surface area contributed by atoms with E-state index in [2.05, 4.69) is 41.4 Å². The van der Waals surface area contributed by atoms with E-state index in [0.717, 1.165) is 29.1 Å². The number of rotatable bonds is 4. The number of hydrogen-bond donors (Lipinski definition) is 0. The summed E-state index contributed by atoms with van der Waals surface area (Å²) in [6.07, 6.45) is -3.09. The Labute approximate surface area is 212 Å². The molecule has 5 rings (SSSR count). The molecule has 178 valence electrons. The van der Waals surface area contributed by atoms with Gasteiger partial charge in [0.2, 0.25) is 0 Å². The predicted molar refractivity (Wildman–Crippen MR) is 137 cm³/mol. The van der Waals surface area contributed by atoms with Gasteiger partial charge in [-0.1, -0.05) is 6.07 Å². The van der Waals surface area contributed by atoms with Crippen molar-refractivity contribution in [2.24, 2.45) is 0 Å². The van der Waals surface area contributed by atoms with E-state index in [1.165, 1.54) is 12.1 Å². The first-order valence-electron chi connectivity index (χ1n) is 10.4. The minimum atomic E-state index is -4.59. The van der Waals surface area contributed by atoms with Crippen molar-refractivity contribution in [1.29, 1.82) is 0 Å². The fourth-order valence-electron chi connectivity index (χ4n) is 4.07. The van der Waals surface area contributed by atoms with Gasteiger partial charge in [0.1, 0.15) is 17.0 Å². The molecule has 4 aromatic heterocycles. The average Bonchev–Trinajstić information content (AvgIpc) is 3.41. The van der Waals surface area contributed by atoms with Gasteiger partial charge >= 0.3 is 6.18 Å². The van der Waals surface area contributed by atoms with Crippen molar-refractivity contribution in [3.63, 3.8) is 0 Å². The molecule has 7 nitrogen and oxygen atoms in total. The molecule has 0 radical (unpaired) electrons. The second kappa shape index (κ2) is 9.29. The average molecular weight is 618 g/mol. The summed E-state index contributed by atoms with van der Waals surface area (Å²) in [5.41, 5.74) is 2.32. The summed E-state index contributed by atoms with van der Waals surface area (Å²) >= 11 is 3.39. The number of halogens is 4. The molecular formula is C21H19F3IN6OPS. The maximum absolute atomic E-state index is 13.9. The van der Waals surface area contributed by atoms with Crippen LogP contribution < -0.4 is 4.90 Å². The fourth-order valence-corrected chi connectivity index (χ4v) is 6.49. The maximum atomic E-state index is 13.9. The Hall–Kier alpha value is -1.89. The largest absolute Gasteiger partial charge is 0.433 e. The molecular weight excluding hydrogens is 599 g/mol. The summed E-state index contributed by atoms with van der Waals surface area (Å²) in [5, 5.41) is 4.52. The van der Waals surface area contributed by atoms with Gasteiger partial charge in [0, 0.05) is 23.9 Å². The minimum absolute atomic E-state index is 0.0141. The van der Waals surface area contributed by atoms with E-state index in [1.54, 1.807) is 6.07 Å². The Bertz CT molecular complexity index is 1360. The predicted octanol–water partition coefficient (Wildman–Crippen LogP) is 5.96. The van der Waals surface area contributed by atoms with Gasteiger partial charge in [-0.05, 0) is 65.6 Å². The van der Waals surface area contributed by atoms with E-state index in [4.69, 9.17) is 9.72 Å². The highest BCUT2D eigenvalue weighted by Crippen LogP contribution is 2.43. The number of hydrogen-bond acceptors (Lipinski definition) is 7. The summed E-state index contributed by atoms with van der Waals surface area (Å²) in [6, 6.07) is 6.65. The lowest BCUT2D eigenvalue weighted by Gasteiger charge is -2.34. The number of pyridine rings is 2. The second-order valence-electron chi connectivity index (χ2n) is 7.92. The standard InChI is InChI=1S/C21H19F3IN6OPS/c1-11-8-15(31(28-11)33-25)17-18-19(34-29-17)14(13-4-3-5-26-20(13)21(22,23)24)9-16(27-18)30-6-7-32-10-12(30)2/h3-5,8-9,12,33H,6-7,10H2,1-2H3/t12-/m1/s1. The zero-order valence-electron chi connectivity index (χ0n) is 18.1. The highest BCUT2D eigenvalue weighted by Gasteiger charge is 2.36. The number of morpholine rings is 1. The molecule has 0 saturated carbocycles. The van der Waals surface area contributed by atoms with Gasteiger partial charge < -0.3 is 9.64 Å². The number of aromatic nitrogens is 5. The Morgan fingerprint density at radius 3 is 2.82 bits per heavy atom. The smallest absolute Gasteiger partial charge is 0.377 e. The van der Waals surface area contributed by atoms with E-state index in [0.29, 0.717) is 53.4 Å². The highest BCUT2D eigenvalue weighted by atomic mass is 127. The summed E-state index contributed by atoms with van der Waals surface area (Å²) in [6.45, 7) is 5.55. The number of aryl methyl sites for hydroxylation is 1. The van der Waals surface area contributed by atoms with Crippen LogP contribution in [0, 0.1) is 6.92 Å². The Kier molecular flexibility index (Phi) is 6.51. The van der Waals surface area contributed by atoms with Crippen molar-refractivity contribution in [1.82, 2.24) is 23.9 Å². The monoisotopic (exact) mass is 618 g/mol. The molecule has 1 aliphatic rings. The lowest BCUT2D eigenvalue weighted by molar-refractivity contribution is -0.140. The Morgan fingerprint density at radius 2 is 2.09 bits per heavy atom. The number of alkyl halides is 3. The molecule has 0 aliphatic carbocycles. The molecule has 13 heteroatoms. The molecule has 0 aromatic carbocycles. The number of nitrogens with zero attached hydrogens (tertiary/aromatic N) is 6. The van der Waals surface area contributed by atoms with Gasteiger partial charge in [0.25, 0.3) is 0 Å². The van der Waals surface area contributed by atoms with Crippen LogP contribution >= 0.6 is 39.9 Å². The molecule has 0 bridgehead atoms. The summed E-state index contributed by atoms with van der Waals surface area (Å²) in [4.78, 5) is 10.7. The van der Waals surface area contributed by atoms with Crippen LogP contribution in [0.3, 0.4) is 0 Å². The lowest BCUT2D eigenvalue weighted by Crippen LogP contribution is -2.44. The van der Waals surface area contributed by atoms with Gasteiger partial charge in [-0.15, -0.1) is 0 Å². The van der Waals surface area contributed by atoms with Crippen LogP contribution in [0.2, 0.25) is 0 Å². The zero-order chi connectivity index (χ0) is 24.0. The Balaban J connectivity index is 1.80. The van der Waals surface area contributed by atoms with E-state index >= 15 is 0 Å². The topological polar surface area (TPSA) is 69.0 Å². The highest BCUT2D eigenvalue weighted by molar-refractivity contribution is 14.2. The first-order chi connectivity index (χ1) is 16.3. The van der Waals surface area contributed by atoms with Crippen LogP contribution in [-0.4, -0.2) is 49.7 Å². The Morgan fingerprint density at radius 1 is 1.26 bits per heavy atom. The third-order valence-electron chi connectivity index (χ3n) is 5.59. The van der Waals surface area contributed by atoms with Crippen LogP contribution in [0.5, 0.6) is 0 Å². The van der Waals surface area contributed by atoms with Crippen LogP contribution in [-0.2, 0) is 10.9 Å². The molecule has 1 aliphatic heterocycles. The van der Waals surface area contributed by atoms with Gasteiger partial charge in [-0.3, -0.25) is 4.98 Å². The number of fused-ring (bicyclic) bond motifs is 1. The number of ether oxygens (including phenoxy) is 1. The second-order valence-corrected chi connectivity index (χ2v) is 10.7. The van der Waals surface area contributed by atoms with Crippen molar-refractivity contribution in [3.05, 3.63) is 41.9 Å². The molecule has 0 amide bonds. The first-order valence-corrected chi connectivity index (χ1v) is 15.2. The normalized spacial score (nSPS) is 17.4. The van der Waals surface area contributed by atoms with Crippen molar-refractivity contribution >= 4 is 56.0 Å². The minimum Gasteiger partial charge on any atom is -0.377 e. The van der Waals surface area contributed by atoms with Gasteiger partial charge in [0.15, 0.2) is 5.69 Å². The molecule has 1 saturated heterocycles. The van der Waals surface area contributed by atoms with Crippen LogP contribution in [0.4, 0.5) is 19.0 Å². The quantitative estimate of drug-likeness (QED) is 0.208. The SMILES string of the molecule is Cc1cc(-c2nsc3c(-c4cccnc4C(F)(F)F)cc(N4CCOC[C@H]4C)nc23)n(PI)n1. The lowest BCUT2D eigenvalue weighted by atomic mass is 10.0. The first kappa shape index (κ1) is 23.8. The van der Waals surface area contributed by atoms with E-state index in [9.17, 15) is 13.2 Å². The third-order valence-corrected chi connectivity index (χ3v) is 8.34. The van der Waals surface area contributed by atoms with Crippen LogP contribution in [0.1, 0.15) is 18.3 Å². The van der Waals surface area contributed by atoms with Gasteiger partial charge in [-0.25, -0.2) is 9.44 Å². The van der Waals surface area contributed by atoms with E-state index < -0.39 is 11.9 Å². The molecule has 0 N–H and O–H groups in total. The zero-order valence-corrected chi connectivity index (χ0v) is 22.1. The van der Waals surface area contributed by atoms with E-state index in [-0.39, 0.29) is 11.6 Å². The van der Waals surface area contributed by atoms with Crippen molar-refractivity contribution in [2.45, 2.75) is 26.1 Å². The van der Waals surface area contributed by atoms with Crippen LogP contribution in [0.25, 0.3) is 32.7 Å². The summed E-state index contributed by atoms with van der Waals surface area (Å²) in [5.74, 6) is 0.594. The third kappa shape index (κ3) is 4.29. The molecule has 0 spiro atoms. The van der Waals surface area contributed by atoms with Crippen molar-refractivity contribution in [3.8, 4) is 22.5 Å². The fraction of sp³-hybridized carbons (Fsp3) is 0.333.